The first kappa shape index (κ1) is 17.7. The summed E-state index contributed by atoms with van der Waals surface area (Å²) >= 11 is 0. The van der Waals surface area contributed by atoms with Crippen molar-refractivity contribution in [2.24, 2.45) is 0 Å². The Labute approximate surface area is 143 Å². The largest absolute Gasteiger partial charge is 0.329 e. The maximum atomic E-state index is 12.3. The van der Waals surface area contributed by atoms with E-state index in [9.17, 15) is 9.59 Å². The topological polar surface area (TPSA) is 49.4 Å². The lowest BCUT2D eigenvalue weighted by Crippen LogP contribution is -2.36. The van der Waals surface area contributed by atoms with Crippen molar-refractivity contribution in [1.29, 1.82) is 0 Å². The Bertz CT molecular complexity index is 725. The van der Waals surface area contributed by atoms with Crippen LogP contribution in [0, 0.1) is 6.92 Å². The molecule has 4 heteroatoms. The standard InChI is InChI=1S/C20H24N2O2/c1-4-18-10-5-6-11-19(18)21-20(24)14-22(16(3)23)13-17-9-7-8-15(2)12-17/h5-12H,4,13-14H2,1-3H3,(H,21,24). The van der Waals surface area contributed by atoms with Gasteiger partial charge in [-0.3, -0.25) is 9.59 Å². The van der Waals surface area contributed by atoms with E-state index in [4.69, 9.17) is 0 Å². The quantitative estimate of drug-likeness (QED) is 0.883. The average Bonchev–Trinajstić information content (AvgIpc) is 2.54. The molecule has 0 bridgehead atoms. The Hall–Kier alpha value is -2.62. The normalized spacial score (nSPS) is 10.3. The molecule has 2 aromatic rings. The van der Waals surface area contributed by atoms with Gasteiger partial charge in [0, 0.05) is 19.2 Å². The van der Waals surface area contributed by atoms with Crippen LogP contribution in [0.2, 0.25) is 0 Å². The van der Waals surface area contributed by atoms with Crippen LogP contribution in [0.5, 0.6) is 0 Å². The predicted molar refractivity (Wildman–Crippen MR) is 96.7 cm³/mol. The number of carbonyl (C=O) groups is 2. The molecule has 0 unspecified atom stereocenters. The zero-order valence-corrected chi connectivity index (χ0v) is 14.5. The summed E-state index contributed by atoms with van der Waals surface area (Å²) in [7, 11) is 0. The zero-order valence-electron chi connectivity index (χ0n) is 14.5. The van der Waals surface area contributed by atoms with Crippen molar-refractivity contribution < 1.29 is 9.59 Å². The van der Waals surface area contributed by atoms with Gasteiger partial charge in [0.2, 0.25) is 11.8 Å². The summed E-state index contributed by atoms with van der Waals surface area (Å²) in [5, 5.41) is 2.91. The molecule has 0 aliphatic carbocycles. The molecule has 2 amide bonds. The molecule has 0 heterocycles. The molecule has 0 saturated carbocycles. The lowest BCUT2D eigenvalue weighted by molar-refractivity contribution is -0.133. The van der Waals surface area contributed by atoms with Gasteiger partial charge in [0.1, 0.15) is 6.54 Å². The SMILES string of the molecule is CCc1ccccc1NC(=O)CN(Cc1cccc(C)c1)C(C)=O. The summed E-state index contributed by atoms with van der Waals surface area (Å²) in [5.41, 5.74) is 4.05. The number of hydrogen-bond acceptors (Lipinski definition) is 2. The van der Waals surface area contributed by atoms with E-state index in [-0.39, 0.29) is 18.4 Å². The van der Waals surface area contributed by atoms with Crippen LogP contribution in [0.25, 0.3) is 0 Å². The van der Waals surface area contributed by atoms with Gasteiger partial charge in [0.15, 0.2) is 0 Å². The van der Waals surface area contributed by atoms with Gasteiger partial charge in [-0.2, -0.15) is 0 Å². The van der Waals surface area contributed by atoms with E-state index in [0.29, 0.717) is 6.54 Å². The lowest BCUT2D eigenvalue weighted by Gasteiger charge is -2.21. The number of rotatable bonds is 6. The van der Waals surface area contributed by atoms with E-state index < -0.39 is 0 Å². The number of aryl methyl sites for hydroxylation is 2. The molecule has 0 fully saturated rings. The second-order valence-corrected chi connectivity index (χ2v) is 5.92. The van der Waals surface area contributed by atoms with Crippen LogP contribution < -0.4 is 5.32 Å². The van der Waals surface area contributed by atoms with E-state index in [1.165, 1.54) is 6.92 Å². The minimum atomic E-state index is -0.182. The van der Waals surface area contributed by atoms with Crippen molar-refractivity contribution in [1.82, 2.24) is 4.90 Å². The Morgan fingerprint density at radius 1 is 1.08 bits per heavy atom. The smallest absolute Gasteiger partial charge is 0.244 e. The molecule has 0 radical (unpaired) electrons. The number of carbonyl (C=O) groups excluding carboxylic acids is 2. The number of nitrogens with zero attached hydrogens (tertiary/aromatic N) is 1. The first-order valence-corrected chi connectivity index (χ1v) is 8.18. The summed E-state index contributed by atoms with van der Waals surface area (Å²) in [5.74, 6) is -0.297. The maximum Gasteiger partial charge on any atom is 0.244 e. The molecule has 0 aliphatic heterocycles. The van der Waals surface area contributed by atoms with Gasteiger partial charge < -0.3 is 10.2 Å². The van der Waals surface area contributed by atoms with Gasteiger partial charge in [-0.05, 0) is 30.5 Å². The molecule has 0 aromatic heterocycles. The van der Waals surface area contributed by atoms with Gasteiger partial charge in [-0.1, -0.05) is 55.0 Å². The fourth-order valence-corrected chi connectivity index (χ4v) is 2.62. The van der Waals surface area contributed by atoms with Crippen LogP contribution >= 0.6 is 0 Å². The van der Waals surface area contributed by atoms with E-state index in [2.05, 4.69) is 5.32 Å². The third-order valence-corrected chi connectivity index (χ3v) is 3.91. The molecule has 2 rings (SSSR count). The second kappa shape index (κ2) is 8.29. The highest BCUT2D eigenvalue weighted by Gasteiger charge is 2.15. The summed E-state index contributed by atoms with van der Waals surface area (Å²) in [6.45, 7) is 6.02. The molecule has 4 nitrogen and oxygen atoms in total. The van der Waals surface area contributed by atoms with Crippen molar-refractivity contribution >= 4 is 17.5 Å². The molecular formula is C20H24N2O2. The monoisotopic (exact) mass is 324 g/mol. The predicted octanol–water partition coefficient (Wildman–Crippen LogP) is 3.54. The van der Waals surface area contributed by atoms with Crippen LogP contribution in [-0.2, 0) is 22.6 Å². The molecule has 24 heavy (non-hydrogen) atoms. The fraction of sp³-hybridized carbons (Fsp3) is 0.300. The van der Waals surface area contributed by atoms with Crippen molar-refractivity contribution in [3.8, 4) is 0 Å². The van der Waals surface area contributed by atoms with Crippen LogP contribution in [-0.4, -0.2) is 23.3 Å². The van der Waals surface area contributed by atoms with Crippen LogP contribution in [0.1, 0.15) is 30.5 Å². The third kappa shape index (κ3) is 4.95. The first-order chi connectivity index (χ1) is 11.5. The van der Waals surface area contributed by atoms with Crippen LogP contribution in [0.4, 0.5) is 5.69 Å². The summed E-state index contributed by atoms with van der Waals surface area (Å²) in [4.78, 5) is 25.8. The second-order valence-electron chi connectivity index (χ2n) is 5.92. The number of amides is 2. The number of benzene rings is 2. The Morgan fingerprint density at radius 2 is 1.83 bits per heavy atom. The molecule has 126 valence electrons. The minimum Gasteiger partial charge on any atom is -0.329 e. The highest BCUT2D eigenvalue weighted by molar-refractivity contribution is 5.94. The van der Waals surface area contributed by atoms with Gasteiger partial charge in [0.25, 0.3) is 0 Å². The van der Waals surface area contributed by atoms with Gasteiger partial charge in [0.05, 0.1) is 0 Å². The first-order valence-electron chi connectivity index (χ1n) is 8.18. The number of para-hydroxylation sites is 1. The molecule has 0 atom stereocenters. The maximum absolute atomic E-state index is 12.3. The van der Waals surface area contributed by atoms with Crippen LogP contribution in [0.15, 0.2) is 48.5 Å². The highest BCUT2D eigenvalue weighted by Crippen LogP contribution is 2.15. The minimum absolute atomic E-state index is 0.0430. The molecular weight excluding hydrogens is 300 g/mol. The van der Waals surface area contributed by atoms with Gasteiger partial charge >= 0.3 is 0 Å². The fourth-order valence-electron chi connectivity index (χ4n) is 2.62. The lowest BCUT2D eigenvalue weighted by atomic mass is 10.1. The number of anilines is 1. The van der Waals surface area contributed by atoms with E-state index >= 15 is 0 Å². The van der Waals surface area contributed by atoms with Gasteiger partial charge in [-0.25, -0.2) is 0 Å². The van der Waals surface area contributed by atoms with Gasteiger partial charge in [-0.15, -0.1) is 0 Å². The highest BCUT2D eigenvalue weighted by atomic mass is 16.2. The summed E-state index contributed by atoms with van der Waals surface area (Å²) in [6.07, 6.45) is 0.843. The Kier molecular flexibility index (Phi) is 6.13. The van der Waals surface area contributed by atoms with E-state index in [1.54, 1.807) is 4.90 Å². The van der Waals surface area contributed by atoms with Crippen molar-refractivity contribution in [2.45, 2.75) is 33.7 Å². The molecule has 0 spiro atoms. The van der Waals surface area contributed by atoms with Crippen LogP contribution in [0.3, 0.4) is 0 Å². The summed E-state index contributed by atoms with van der Waals surface area (Å²) in [6, 6.07) is 15.7. The molecule has 0 aliphatic rings. The van der Waals surface area contributed by atoms with E-state index in [1.807, 2.05) is 62.4 Å². The van der Waals surface area contributed by atoms with Crippen molar-refractivity contribution in [3.63, 3.8) is 0 Å². The number of hydrogen-bond donors (Lipinski definition) is 1. The van der Waals surface area contributed by atoms with Crippen molar-refractivity contribution in [2.75, 3.05) is 11.9 Å². The third-order valence-electron chi connectivity index (χ3n) is 3.91. The summed E-state index contributed by atoms with van der Waals surface area (Å²) < 4.78 is 0. The molecule has 0 saturated heterocycles. The average molecular weight is 324 g/mol. The zero-order chi connectivity index (χ0) is 17.5. The Morgan fingerprint density at radius 3 is 2.50 bits per heavy atom. The Balaban J connectivity index is 2.04. The van der Waals surface area contributed by atoms with Crippen molar-refractivity contribution in [3.05, 3.63) is 65.2 Å². The van der Waals surface area contributed by atoms with E-state index in [0.717, 1.165) is 28.8 Å². The molecule has 1 N–H and O–H groups in total. The number of nitrogens with one attached hydrogen (secondary N) is 1. The molecule has 2 aromatic carbocycles.